The van der Waals surface area contributed by atoms with Gasteiger partial charge in [-0.05, 0) is 43.2 Å². The average Bonchev–Trinajstić information content (AvgIpc) is 2.82. The summed E-state index contributed by atoms with van der Waals surface area (Å²) >= 11 is 5.89. The Balaban J connectivity index is 1.31. The van der Waals surface area contributed by atoms with Crippen LogP contribution in [0.3, 0.4) is 0 Å². The van der Waals surface area contributed by atoms with Crippen molar-refractivity contribution in [2.24, 2.45) is 0 Å². The Labute approximate surface area is 187 Å². The maximum atomic E-state index is 12.4. The number of hydrogen-bond donors (Lipinski definition) is 1. The maximum absolute atomic E-state index is 12.4. The lowest BCUT2D eigenvalue weighted by molar-refractivity contribution is -0.125. The number of benzene rings is 1. The molecule has 0 spiro atoms. The number of nitrogens with one attached hydrogen (secondary N) is 1. The summed E-state index contributed by atoms with van der Waals surface area (Å²) < 4.78 is 10.8. The zero-order valence-corrected chi connectivity index (χ0v) is 18.3. The molecule has 1 aromatic heterocycles. The fourth-order valence-corrected chi connectivity index (χ4v) is 4.76. The van der Waals surface area contributed by atoms with Crippen molar-refractivity contribution in [1.82, 2.24) is 15.2 Å². The van der Waals surface area contributed by atoms with Gasteiger partial charge in [0, 0.05) is 30.6 Å². The van der Waals surface area contributed by atoms with Crippen molar-refractivity contribution in [3.05, 3.63) is 41.0 Å². The number of fused-ring (bicyclic) bond motifs is 1. The van der Waals surface area contributed by atoms with Gasteiger partial charge in [-0.1, -0.05) is 30.9 Å². The Bertz CT molecular complexity index is 940. The molecule has 8 heteroatoms. The van der Waals surface area contributed by atoms with Crippen LogP contribution in [0.2, 0.25) is 5.15 Å². The van der Waals surface area contributed by atoms with Crippen molar-refractivity contribution in [2.75, 3.05) is 39.5 Å². The Morgan fingerprint density at radius 2 is 1.90 bits per heavy atom. The number of morpholine rings is 1. The second-order valence-corrected chi connectivity index (χ2v) is 8.67. The van der Waals surface area contributed by atoms with Crippen LogP contribution in [-0.4, -0.2) is 66.8 Å². The summed E-state index contributed by atoms with van der Waals surface area (Å²) in [5, 5.41) is 4.19. The second-order valence-electron chi connectivity index (χ2n) is 8.28. The molecule has 2 fully saturated rings. The molecular weight excluding hydrogens is 418 g/mol. The fraction of sp³-hybridized carbons (Fsp3) is 0.522. The van der Waals surface area contributed by atoms with E-state index in [1.165, 1.54) is 19.3 Å². The SMILES string of the molecule is O=C(COC(=O)c1ccc2nc(Cl)ccc2c1)NCC1(N2CCOCC2)CCCCC1. The van der Waals surface area contributed by atoms with Gasteiger partial charge < -0.3 is 14.8 Å². The quantitative estimate of drug-likeness (QED) is 0.543. The van der Waals surface area contributed by atoms with Crippen molar-refractivity contribution in [1.29, 1.82) is 0 Å². The van der Waals surface area contributed by atoms with E-state index in [4.69, 9.17) is 21.1 Å². The van der Waals surface area contributed by atoms with E-state index in [1.807, 2.05) is 0 Å². The van der Waals surface area contributed by atoms with Crippen LogP contribution < -0.4 is 5.32 Å². The topological polar surface area (TPSA) is 80.8 Å². The van der Waals surface area contributed by atoms with Crippen LogP contribution in [0.25, 0.3) is 10.9 Å². The number of halogens is 1. The lowest BCUT2D eigenvalue weighted by Crippen LogP contribution is -2.59. The number of amides is 1. The van der Waals surface area contributed by atoms with Gasteiger partial charge in [-0.15, -0.1) is 0 Å². The predicted octanol–water partition coefficient (Wildman–Crippen LogP) is 3.20. The van der Waals surface area contributed by atoms with Crippen LogP contribution in [-0.2, 0) is 14.3 Å². The van der Waals surface area contributed by atoms with Crippen molar-refractivity contribution >= 4 is 34.4 Å². The summed E-state index contributed by atoms with van der Waals surface area (Å²) in [6.07, 6.45) is 5.73. The molecule has 1 aromatic carbocycles. The highest BCUT2D eigenvalue weighted by atomic mass is 35.5. The number of nitrogens with zero attached hydrogens (tertiary/aromatic N) is 2. The maximum Gasteiger partial charge on any atom is 0.338 e. The molecule has 0 unspecified atom stereocenters. The molecule has 31 heavy (non-hydrogen) atoms. The minimum absolute atomic E-state index is 0.0195. The Kier molecular flexibility index (Phi) is 7.05. The number of carbonyl (C=O) groups excluding carboxylic acids is 2. The Morgan fingerprint density at radius 1 is 1.13 bits per heavy atom. The lowest BCUT2D eigenvalue weighted by atomic mass is 9.79. The monoisotopic (exact) mass is 445 g/mol. The highest BCUT2D eigenvalue weighted by molar-refractivity contribution is 6.29. The van der Waals surface area contributed by atoms with Gasteiger partial charge in [-0.3, -0.25) is 9.69 Å². The van der Waals surface area contributed by atoms with E-state index in [-0.39, 0.29) is 18.1 Å². The van der Waals surface area contributed by atoms with Gasteiger partial charge in [0.1, 0.15) is 5.15 Å². The van der Waals surface area contributed by atoms with E-state index < -0.39 is 5.97 Å². The number of rotatable bonds is 6. The second kappa shape index (κ2) is 9.94. The van der Waals surface area contributed by atoms with Gasteiger partial charge in [0.25, 0.3) is 5.91 Å². The van der Waals surface area contributed by atoms with Crippen LogP contribution in [0.5, 0.6) is 0 Å². The molecule has 2 heterocycles. The van der Waals surface area contributed by atoms with E-state index in [9.17, 15) is 9.59 Å². The summed E-state index contributed by atoms with van der Waals surface area (Å²) in [6.45, 7) is 3.54. The van der Waals surface area contributed by atoms with E-state index in [0.717, 1.165) is 44.5 Å². The van der Waals surface area contributed by atoms with Gasteiger partial charge in [-0.25, -0.2) is 9.78 Å². The molecule has 4 rings (SSSR count). The standard InChI is InChI=1S/C23H28ClN3O4/c24-20-7-5-17-14-18(4-6-19(17)26-20)22(29)31-15-21(28)25-16-23(8-2-1-3-9-23)27-10-12-30-13-11-27/h4-7,14H,1-3,8-13,15-16H2,(H,25,28). The van der Waals surface area contributed by atoms with Gasteiger partial charge in [0.15, 0.2) is 6.61 Å². The summed E-state index contributed by atoms with van der Waals surface area (Å²) in [6, 6.07) is 8.49. The average molecular weight is 446 g/mol. The molecule has 166 valence electrons. The summed E-state index contributed by atoms with van der Waals surface area (Å²) in [5.41, 5.74) is 1.05. The number of hydrogen-bond acceptors (Lipinski definition) is 6. The number of ether oxygens (including phenoxy) is 2. The first-order valence-electron chi connectivity index (χ1n) is 10.9. The fourth-order valence-electron chi connectivity index (χ4n) is 4.61. The Hall–Kier alpha value is -2.22. The molecule has 1 aliphatic heterocycles. The molecule has 1 amide bonds. The van der Waals surface area contributed by atoms with Crippen molar-refractivity contribution < 1.29 is 19.1 Å². The first-order valence-corrected chi connectivity index (χ1v) is 11.3. The van der Waals surface area contributed by atoms with Gasteiger partial charge >= 0.3 is 5.97 Å². The minimum Gasteiger partial charge on any atom is -0.452 e. The normalized spacial score (nSPS) is 19.1. The molecule has 2 aliphatic rings. The molecule has 0 bridgehead atoms. The van der Waals surface area contributed by atoms with Gasteiger partial charge in [-0.2, -0.15) is 0 Å². The third kappa shape index (κ3) is 5.34. The molecule has 1 saturated heterocycles. The zero-order valence-electron chi connectivity index (χ0n) is 17.6. The Morgan fingerprint density at radius 3 is 2.68 bits per heavy atom. The number of esters is 1. The smallest absolute Gasteiger partial charge is 0.338 e. The molecule has 2 aromatic rings. The predicted molar refractivity (Wildman–Crippen MR) is 118 cm³/mol. The van der Waals surface area contributed by atoms with E-state index in [1.54, 1.807) is 30.3 Å². The first-order chi connectivity index (χ1) is 15.1. The van der Waals surface area contributed by atoms with Gasteiger partial charge in [0.2, 0.25) is 0 Å². The largest absolute Gasteiger partial charge is 0.452 e. The number of carbonyl (C=O) groups is 2. The van der Waals surface area contributed by atoms with Crippen LogP contribution in [0.4, 0.5) is 0 Å². The summed E-state index contributed by atoms with van der Waals surface area (Å²) in [4.78, 5) is 31.5. The van der Waals surface area contributed by atoms with E-state index in [2.05, 4.69) is 15.2 Å². The third-order valence-electron chi connectivity index (χ3n) is 6.31. The number of pyridine rings is 1. The third-order valence-corrected chi connectivity index (χ3v) is 6.52. The molecule has 0 atom stereocenters. The first kappa shape index (κ1) is 22.0. The lowest BCUT2D eigenvalue weighted by Gasteiger charge is -2.48. The molecule has 1 aliphatic carbocycles. The van der Waals surface area contributed by atoms with Crippen LogP contribution >= 0.6 is 11.6 Å². The van der Waals surface area contributed by atoms with Crippen LogP contribution in [0.1, 0.15) is 42.5 Å². The van der Waals surface area contributed by atoms with Gasteiger partial charge in [0.05, 0.1) is 24.3 Å². The molecule has 7 nitrogen and oxygen atoms in total. The van der Waals surface area contributed by atoms with Crippen molar-refractivity contribution in [3.63, 3.8) is 0 Å². The summed E-state index contributed by atoms with van der Waals surface area (Å²) in [5.74, 6) is -0.812. The minimum atomic E-state index is -0.535. The number of aromatic nitrogens is 1. The van der Waals surface area contributed by atoms with E-state index >= 15 is 0 Å². The zero-order chi connectivity index (χ0) is 21.7. The highest BCUT2D eigenvalue weighted by Crippen LogP contribution is 2.33. The van der Waals surface area contributed by atoms with Crippen molar-refractivity contribution in [3.8, 4) is 0 Å². The molecular formula is C23H28ClN3O4. The summed E-state index contributed by atoms with van der Waals surface area (Å²) in [7, 11) is 0. The molecule has 1 saturated carbocycles. The van der Waals surface area contributed by atoms with Crippen LogP contribution in [0.15, 0.2) is 30.3 Å². The van der Waals surface area contributed by atoms with E-state index in [0.29, 0.717) is 22.8 Å². The highest BCUT2D eigenvalue weighted by Gasteiger charge is 2.38. The van der Waals surface area contributed by atoms with Crippen LogP contribution in [0, 0.1) is 0 Å². The molecule has 0 radical (unpaired) electrons. The molecule has 1 N–H and O–H groups in total. The van der Waals surface area contributed by atoms with Crippen molar-refractivity contribution in [2.45, 2.75) is 37.6 Å².